The van der Waals surface area contributed by atoms with E-state index in [0.717, 1.165) is 23.4 Å². The SMILES string of the molecule is Cc1ccc(C(=O)OCC(=O)N2CCN(c3ccc(N4CC(CNC(=S)C5CC5)OC4=O)cc3F)CC2)cc1. The third-order valence-corrected chi connectivity index (χ3v) is 7.63. The van der Waals surface area contributed by atoms with Crippen LogP contribution >= 0.6 is 12.2 Å². The number of carbonyl (C=O) groups excluding carboxylic acids is 3. The Morgan fingerprint density at radius 1 is 1.10 bits per heavy atom. The van der Waals surface area contributed by atoms with Gasteiger partial charge in [0.05, 0.1) is 35.0 Å². The van der Waals surface area contributed by atoms with Crippen LogP contribution in [0.4, 0.5) is 20.6 Å². The summed E-state index contributed by atoms with van der Waals surface area (Å²) in [6, 6.07) is 11.6. The minimum Gasteiger partial charge on any atom is -0.452 e. The predicted molar refractivity (Wildman–Crippen MR) is 148 cm³/mol. The number of halogens is 1. The topological polar surface area (TPSA) is 91.4 Å². The zero-order valence-corrected chi connectivity index (χ0v) is 22.5. The number of cyclic esters (lactones) is 1. The van der Waals surface area contributed by atoms with Crippen molar-refractivity contribution in [2.24, 2.45) is 5.92 Å². The molecule has 1 aliphatic carbocycles. The van der Waals surface area contributed by atoms with Crippen LogP contribution in [0.2, 0.25) is 0 Å². The molecule has 2 amide bonds. The van der Waals surface area contributed by atoms with Crippen molar-refractivity contribution >= 4 is 46.6 Å². The quantitative estimate of drug-likeness (QED) is 0.393. The van der Waals surface area contributed by atoms with E-state index in [1.807, 2.05) is 11.8 Å². The average molecular weight is 555 g/mol. The van der Waals surface area contributed by atoms with E-state index >= 15 is 4.39 Å². The summed E-state index contributed by atoms with van der Waals surface area (Å²) in [5, 5.41) is 3.17. The molecule has 0 aromatic heterocycles. The van der Waals surface area contributed by atoms with Crippen LogP contribution in [-0.2, 0) is 14.3 Å². The van der Waals surface area contributed by atoms with E-state index in [2.05, 4.69) is 5.32 Å². The number of hydrogen-bond donors (Lipinski definition) is 1. The molecular weight excluding hydrogens is 523 g/mol. The summed E-state index contributed by atoms with van der Waals surface area (Å²) < 4.78 is 25.7. The van der Waals surface area contributed by atoms with E-state index in [0.29, 0.717) is 62.1 Å². The number of carbonyl (C=O) groups is 3. The Balaban J connectivity index is 1.10. The van der Waals surface area contributed by atoms with E-state index in [1.165, 1.54) is 11.0 Å². The van der Waals surface area contributed by atoms with Crippen LogP contribution in [-0.4, -0.2) is 79.8 Å². The summed E-state index contributed by atoms with van der Waals surface area (Å²) >= 11 is 5.33. The molecule has 1 atom stereocenters. The Morgan fingerprint density at radius 2 is 1.82 bits per heavy atom. The van der Waals surface area contributed by atoms with Gasteiger partial charge in [-0.3, -0.25) is 9.69 Å². The number of nitrogens with one attached hydrogen (secondary N) is 1. The third-order valence-electron chi connectivity index (χ3n) is 7.16. The number of rotatable bonds is 8. The second-order valence-corrected chi connectivity index (χ2v) is 10.5. The standard InChI is InChI=1S/C28H31FN4O5S/c1-18-2-4-20(5-3-18)27(35)37-17-25(34)32-12-10-31(11-13-32)24-9-8-21(14-23(24)29)33-16-22(38-28(33)36)15-30-26(39)19-6-7-19/h2-5,8-9,14,19,22H,6-7,10-13,15-17H2,1H3,(H,30,39). The lowest BCUT2D eigenvalue weighted by Gasteiger charge is -2.36. The number of piperazine rings is 1. The molecule has 2 aliphatic heterocycles. The molecule has 3 fully saturated rings. The molecule has 3 aliphatic rings. The molecule has 206 valence electrons. The van der Waals surface area contributed by atoms with Crippen molar-refractivity contribution < 1.29 is 28.2 Å². The maximum absolute atomic E-state index is 15.1. The van der Waals surface area contributed by atoms with E-state index in [1.54, 1.807) is 41.3 Å². The highest BCUT2D eigenvalue weighted by Crippen LogP contribution is 2.30. The van der Waals surface area contributed by atoms with Gasteiger partial charge in [0.2, 0.25) is 0 Å². The first-order valence-electron chi connectivity index (χ1n) is 13.1. The minimum absolute atomic E-state index is 0.291. The number of benzene rings is 2. The van der Waals surface area contributed by atoms with Crippen molar-refractivity contribution in [1.82, 2.24) is 10.2 Å². The normalized spacial score (nSPS) is 19.1. The molecule has 2 aromatic carbocycles. The zero-order chi connectivity index (χ0) is 27.5. The largest absolute Gasteiger partial charge is 0.452 e. The van der Waals surface area contributed by atoms with Crippen LogP contribution in [0.3, 0.4) is 0 Å². The van der Waals surface area contributed by atoms with Gasteiger partial charge in [0.15, 0.2) is 6.61 Å². The minimum atomic E-state index is -0.546. The summed E-state index contributed by atoms with van der Waals surface area (Å²) in [5.41, 5.74) is 2.25. The van der Waals surface area contributed by atoms with E-state index in [4.69, 9.17) is 21.7 Å². The van der Waals surface area contributed by atoms with Crippen molar-refractivity contribution in [3.8, 4) is 0 Å². The molecule has 0 spiro atoms. The van der Waals surface area contributed by atoms with Crippen molar-refractivity contribution in [2.45, 2.75) is 25.9 Å². The maximum Gasteiger partial charge on any atom is 0.414 e. The van der Waals surface area contributed by atoms with Crippen molar-refractivity contribution in [2.75, 3.05) is 55.7 Å². The Morgan fingerprint density at radius 3 is 2.49 bits per heavy atom. The second-order valence-electron chi connectivity index (χ2n) is 10.1. The van der Waals surface area contributed by atoms with Crippen LogP contribution in [0.25, 0.3) is 0 Å². The Bertz CT molecular complexity index is 1260. The highest BCUT2D eigenvalue weighted by molar-refractivity contribution is 7.80. The zero-order valence-electron chi connectivity index (χ0n) is 21.7. The smallest absolute Gasteiger partial charge is 0.414 e. The van der Waals surface area contributed by atoms with Crippen LogP contribution in [0, 0.1) is 18.7 Å². The van der Waals surface area contributed by atoms with Gasteiger partial charge in [-0.1, -0.05) is 29.9 Å². The summed E-state index contributed by atoms with van der Waals surface area (Å²) in [6.45, 7) is 3.92. The van der Waals surface area contributed by atoms with Gasteiger partial charge in [0, 0.05) is 32.1 Å². The average Bonchev–Trinajstić information content (AvgIpc) is 3.73. The fourth-order valence-electron chi connectivity index (χ4n) is 4.65. The Hall–Kier alpha value is -3.73. The number of anilines is 2. The lowest BCUT2D eigenvalue weighted by molar-refractivity contribution is -0.134. The predicted octanol–water partition coefficient (Wildman–Crippen LogP) is 3.29. The monoisotopic (exact) mass is 554 g/mol. The lowest BCUT2D eigenvalue weighted by atomic mass is 10.1. The van der Waals surface area contributed by atoms with Crippen LogP contribution in [0.15, 0.2) is 42.5 Å². The first-order chi connectivity index (χ1) is 18.8. The molecule has 2 aromatic rings. The number of esters is 1. The molecule has 2 saturated heterocycles. The van der Waals surface area contributed by atoms with Gasteiger partial charge >= 0.3 is 12.1 Å². The van der Waals surface area contributed by atoms with Crippen molar-refractivity contribution in [1.29, 1.82) is 0 Å². The molecule has 0 bridgehead atoms. The maximum atomic E-state index is 15.1. The van der Waals surface area contributed by atoms with E-state index < -0.39 is 17.9 Å². The van der Waals surface area contributed by atoms with Gasteiger partial charge in [-0.25, -0.2) is 14.0 Å². The summed E-state index contributed by atoms with van der Waals surface area (Å²) in [7, 11) is 0. The fourth-order valence-corrected chi connectivity index (χ4v) is 4.97. The highest BCUT2D eigenvalue weighted by atomic mass is 32.1. The molecule has 0 radical (unpaired) electrons. The van der Waals surface area contributed by atoms with Gasteiger partial charge in [0.25, 0.3) is 5.91 Å². The molecule has 1 saturated carbocycles. The molecule has 1 unspecified atom stereocenters. The van der Waals surface area contributed by atoms with Crippen molar-refractivity contribution in [3.05, 3.63) is 59.4 Å². The van der Waals surface area contributed by atoms with E-state index in [9.17, 15) is 14.4 Å². The molecule has 5 rings (SSSR count). The molecule has 39 heavy (non-hydrogen) atoms. The van der Waals surface area contributed by atoms with Gasteiger partial charge in [0.1, 0.15) is 11.9 Å². The number of ether oxygens (including phenoxy) is 2. The summed E-state index contributed by atoms with van der Waals surface area (Å²) in [4.78, 5) is 42.8. The third kappa shape index (κ3) is 6.47. The van der Waals surface area contributed by atoms with Gasteiger partial charge in [-0.05, 0) is 50.1 Å². The Kier molecular flexibility index (Phi) is 7.97. The molecule has 1 N–H and O–H groups in total. The van der Waals surface area contributed by atoms with Crippen molar-refractivity contribution in [3.63, 3.8) is 0 Å². The Labute approximate surface area is 231 Å². The van der Waals surface area contributed by atoms with Crippen LogP contribution < -0.4 is 15.1 Å². The van der Waals surface area contributed by atoms with Gasteiger partial charge in [-0.2, -0.15) is 0 Å². The molecule has 2 heterocycles. The fraction of sp³-hybridized carbons (Fsp3) is 0.429. The number of aryl methyl sites for hydroxylation is 1. The summed E-state index contributed by atoms with van der Waals surface area (Å²) in [6.07, 6.45) is 1.33. The first kappa shape index (κ1) is 26.9. The number of hydrogen-bond acceptors (Lipinski definition) is 7. The van der Waals surface area contributed by atoms with Crippen LogP contribution in [0.1, 0.15) is 28.8 Å². The molecular formula is C28H31FN4O5S. The van der Waals surface area contributed by atoms with E-state index in [-0.39, 0.29) is 18.6 Å². The molecule has 11 heteroatoms. The number of nitrogens with zero attached hydrogens (tertiary/aromatic N) is 3. The first-order valence-corrected chi connectivity index (χ1v) is 13.5. The lowest BCUT2D eigenvalue weighted by Crippen LogP contribution is -2.50. The van der Waals surface area contributed by atoms with Gasteiger partial charge in [-0.15, -0.1) is 0 Å². The van der Waals surface area contributed by atoms with Crippen LogP contribution in [0.5, 0.6) is 0 Å². The number of amides is 2. The van der Waals surface area contributed by atoms with Gasteiger partial charge < -0.3 is 24.6 Å². The highest BCUT2D eigenvalue weighted by Gasteiger charge is 2.34. The molecule has 9 nitrogen and oxygen atoms in total. The second kappa shape index (κ2) is 11.6. The summed E-state index contributed by atoms with van der Waals surface area (Å²) in [5.74, 6) is -0.851. The number of thiocarbonyl (C=S) groups is 1.